The molecule has 0 aliphatic rings. The summed E-state index contributed by atoms with van der Waals surface area (Å²) < 4.78 is 5.15. The molecule has 0 spiro atoms. The fourth-order valence-electron chi connectivity index (χ4n) is 1.04. The van der Waals surface area contributed by atoms with Crippen LogP contribution in [0.1, 0.15) is 9.67 Å². The second-order valence-corrected chi connectivity index (χ2v) is 3.86. The van der Waals surface area contributed by atoms with E-state index in [1.54, 1.807) is 26.1 Å². The van der Waals surface area contributed by atoms with E-state index in [9.17, 15) is 4.79 Å². The Morgan fingerprint density at radius 3 is 2.69 bits per heavy atom. The molecule has 13 heavy (non-hydrogen) atoms. The van der Waals surface area contributed by atoms with Crippen molar-refractivity contribution in [3.05, 3.63) is 10.3 Å². The molecule has 0 aliphatic heterocycles. The molecule has 3 nitrogen and oxygen atoms in total. The number of amides is 1. The van der Waals surface area contributed by atoms with Crippen molar-refractivity contribution >= 4 is 30.6 Å². The summed E-state index contributed by atoms with van der Waals surface area (Å²) in [6.45, 7) is 0. The standard InChI is InChI=1S/C8H12BNO2S/c1-10(2)8(11)7-6(12-3)5(9)4-13-7/h4H,9H2,1-3H3. The lowest BCUT2D eigenvalue weighted by atomic mass is 9.99. The van der Waals surface area contributed by atoms with Crippen LogP contribution in [0.15, 0.2) is 5.38 Å². The van der Waals surface area contributed by atoms with Gasteiger partial charge < -0.3 is 9.64 Å². The van der Waals surface area contributed by atoms with Gasteiger partial charge in [0.1, 0.15) is 18.5 Å². The van der Waals surface area contributed by atoms with Crippen LogP contribution in [0.3, 0.4) is 0 Å². The van der Waals surface area contributed by atoms with E-state index in [0.717, 1.165) is 5.46 Å². The van der Waals surface area contributed by atoms with Gasteiger partial charge in [-0.1, -0.05) is 0 Å². The molecule has 0 atom stereocenters. The normalized spacial score (nSPS) is 9.77. The molecular formula is C8H12BNO2S. The number of carbonyl (C=O) groups excluding carboxylic acids is 1. The summed E-state index contributed by atoms with van der Waals surface area (Å²) in [5, 5.41) is 1.93. The highest BCUT2D eigenvalue weighted by Crippen LogP contribution is 2.22. The predicted octanol–water partition coefficient (Wildman–Crippen LogP) is -0.283. The third-order valence-corrected chi connectivity index (χ3v) is 2.79. The van der Waals surface area contributed by atoms with Crippen molar-refractivity contribution in [2.75, 3.05) is 21.2 Å². The Morgan fingerprint density at radius 1 is 1.62 bits per heavy atom. The van der Waals surface area contributed by atoms with Crippen molar-refractivity contribution in [2.45, 2.75) is 0 Å². The second kappa shape index (κ2) is 3.83. The monoisotopic (exact) mass is 197 g/mol. The number of nitrogens with zero attached hydrogens (tertiary/aromatic N) is 1. The highest BCUT2D eigenvalue weighted by molar-refractivity contribution is 7.13. The largest absolute Gasteiger partial charge is 0.496 e. The molecule has 0 aliphatic carbocycles. The van der Waals surface area contributed by atoms with Crippen LogP contribution in [0.5, 0.6) is 5.75 Å². The lowest BCUT2D eigenvalue weighted by Gasteiger charge is -2.10. The first-order chi connectivity index (χ1) is 6.07. The highest BCUT2D eigenvalue weighted by Gasteiger charge is 2.17. The third-order valence-electron chi connectivity index (χ3n) is 1.72. The number of methoxy groups -OCH3 is 1. The number of hydrogen-bond acceptors (Lipinski definition) is 3. The summed E-state index contributed by atoms with van der Waals surface area (Å²) in [4.78, 5) is 13.8. The zero-order chi connectivity index (χ0) is 10.0. The Kier molecular flexibility index (Phi) is 2.98. The lowest BCUT2D eigenvalue weighted by Crippen LogP contribution is -2.21. The van der Waals surface area contributed by atoms with Gasteiger partial charge in [-0.3, -0.25) is 4.79 Å². The molecule has 70 valence electrons. The van der Waals surface area contributed by atoms with Gasteiger partial charge in [0.15, 0.2) is 0 Å². The molecule has 1 heterocycles. The molecule has 0 unspecified atom stereocenters. The van der Waals surface area contributed by atoms with Gasteiger partial charge in [-0.15, -0.1) is 11.3 Å². The maximum Gasteiger partial charge on any atom is 0.267 e. The fraction of sp³-hybridized carbons (Fsp3) is 0.375. The van der Waals surface area contributed by atoms with Gasteiger partial charge in [-0.2, -0.15) is 0 Å². The van der Waals surface area contributed by atoms with Crippen LogP contribution in [0.4, 0.5) is 0 Å². The van der Waals surface area contributed by atoms with Gasteiger partial charge in [-0.05, 0) is 10.8 Å². The van der Waals surface area contributed by atoms with Crippen LogP contribution < -0.4 is 10.2 Å². The zero-order valence-electron chi connectivity index (χ0n) is 8.25. The summed E-state index contributed by atoms with van der Waals surface area (Å²) in [5.74, 6) is 0.693. The van der Waals surface area contributed by atoms with Crippen molar-refractivity contribution in [1.29, 1.82) is 0 Å². The smallest absolute Gasteiger partial charge is 0.267 e. The maximum absolute atomic E-state index is 11.6. The maximum atomic E-state index is 11.6. The van der Waals surface area contributed by atoms with Crippen molar-refractivity contribution in [3.8, 4) is 5.75 Å². The van der Waals surface area contributed by atoms with Gasteiger partial charge in [0.2, 0.25) is 0 Å². The molecule has 0 fully saturated rings. The van der Waals surface area contributed by atoms with Crippen molar-refractivity contribution in [3.63, 3.8) is 0 Å². The van der Waals surface area contributed by atoms with E-state index >= 15 is 0 Å². The second-order valence-electron chi connectivity index (χ2n) is 2.98. The molecule has 0 N–H and O–H groups in total. The molecule has 1 rings (SSSR count). The third kappa shape index (κ3) is 1.86. The summed E-state index contributed by atoms with van der Waals surface area (Å²) in [6.07, 6.45) is 0. The van der Waals surface area contributed by atoms with Gasteiger partial charge in [0.05, 0.1) is 7.11 Å². The molecule has 0 bridgehead atoms. The minimum absolute atomic E-state index is 0.00468. The van der Waals surface area contributed by atoms with E-state index in [2.05, 4.69) is 0 Å². The van der Waals surface area contributed by atoms with Crippen LogP contribution in [0.2, 0.25) is 0 Å². The van der Waals surface area contributed by atoms with Gasteiger partial charge in [-0.25, -0.2) is 0 Å². The quantitative estimate of drug-likeness (QED) is 0.610. The molecule has 0 aromatic carbocycles. The highest BCUT2D eigenvalue weighted by atomic mass is 32.1. The summed E-state index contributed by atoms with van der Waals surface area (Å²) in [6, 6.07) is 0. The van der Waals surface area contributed by atoms with E-state index < -0.39 is 0 Å². The summed E-state index contributed by atoms with van der Waals surface area (Å²) in [5.41, 5.74) is 1.01. The number of hydrogen-bond donors (Lipinski definition) is 0. The van der Waals surface area contributed by atoms with Gasteiger partial charge in [0, 0.05) is 14.1 Å². The number of rotatable bonds is 2. The van der Waals surface area contributed by atoms with Crippen LogP contribution in [-0.4, -0.2) is 39.9 Å². The van der Waals surface area contributed by atoms with E-state index in [-0.39, 0.29) is 5.91 Å². The van der Waals surface area contributed by atoms with Crippen molar-refractivity contribution < 1.29 is 9.53 Å². The molecule has 0 radical (unpaired) electrons. The predicted molar refractivity (Wildman–Crippen MR) is 57.1 cm³/mol. The molecule has 5 heteroatoms. The Hall–Kier alpha value is -0.965. The van der Waals surface area contributed by atoms with E-state index in [0.29, 0.717) is 10.6 Å². The minimum Gasteiger partial charge on any atom is -0.496 e. The molecule has 0 saturated carbocycles. The Morgan fingerprint density at radius 2 is 2.23 bits per heavy atom. The topological polar surface area (TPSA) is 29.5 Å². The number of ether oxygens (including phenoxy) is 1. The first-order valence-electron chi connectivity index (χ1n) is 3.91. The zero-order valence-corrected chi connectivity index (χ0v) is 9.07. The molecule has 1 aromatic rings. The van der Waals surface area contributed by atoms with E-state index in [1.807, 2.05) is 13.2 Å². The minimum atomic E-state index is -0.00468. The summed E-state index contributed by atoms with van der Waals surface area (Å²) >= 11 is 1.42. The van der Waals surface area contributed by atoms with E-state index in [4.69, 9.17) is 4.74 Å². The van der Waals surface area contributed by atoms with Crippen LogP contribution in [0.25, 0.3) is 0 Å². The van der Waals surface area contributed by atoms with Crippen LogP contribution in [-0.2, 0) is 0 Å². The van der Waals surface area contributed by atoms with Gasteiger partial charge in [0.25, 0.3) is 5.91 Å². The first-order valence-corrected chi connectivity index (χ1v) is 4.79. The number of carbonyl (C=O) groups is 1. The molecular weight excluding hydrogens is 185 g/mol. The lowest BCUT2D eigenvalue weighted by molar-refractivity contribution is 0.0829. The molecule has 1 aromatic heterocycles. The Bertz CT molecular complexity index is 322. The number of thiophene rings is 1. The first kappa shape index (κ1) is 10.1. The van der Waals surface area contributed by atoms with Crippen molar-refractivity contribution in [2.24, 2.45) is 0 Å². The molecule has 1 amide bonds. The van der Waals surface area contributed by atoms with Crippen molar-refractivity contribution in [1.82, 2.24) is 4.90 Å². The Balaban J connectivity index is 3.07. The average Bonchev–Trinajstić information content (AvgIpc) is 2.45. The molecule has 0 saturated heterocycles. The van der Waals surface area contributed by atoms with Gasteiger partial charge >= 0.3 is 0 Å². The fourth-order valence-corrected chi connectivity index (χ4v) is 2.07. The van der Waals surface area contributed by atoms with Crippen LogP contribution in [0, 0.1) is 0 Å². The van der Waals surface area contributed by atoms with E-state index in [1.165, 1.54) is 11.3 Å². The summed E-state index contributed by atoms with van der Waals surface area (Å²) in [7, 11) is 6.98. The Labute approximate surface area is 82.7 Å². The SMILES string of the molecule is Bc1csc(C(=O)N(C)C)c1OC. The average molecular weight is 197 g/mol. The van der Waals surface area contributed by atoms with Crippen LogP contribution >= 0.6 is 11.3 Å².